The molecule has 0 bridgehead atoms. The van der Waals surface area contributed by atoms with E-state index in [0.29, 0.717) is 49.5 Å². The van der Waals surface area contributed by atoms with E-state index in [0.717, 1.165) is 6.42 Å². The van der Waals surface area contributed by atoms with Gasteiger partial charge in [0.25, 0.3) is 5.91 Å². The summed E-state index contributed by atoms with van der Waals surface area (Å²) in [5, 5.41) is 0.469. The van der Waals surface area contributed by atoms with Crippen molar-refractivity contribution in [3.63, 3.8) is 0 Å². The predicted octanol–water partition coefficient (Wildman–Crippen LogP) is 3.05. The predicted molar refractivity (Wildman–Crippen MR) is 106 cm³/mol. The average molecular weight is 382 g/mol. The molecule has 1 aromatic carbocycles. The van der Waals surface area contributed by atoms with Gasteiger partial charge in [-0.1, -0.05) is 37.8 Å². The van der Waals surface area contributed by atoms with Gasteiger partial charge < -0.3 is 14.2 Å². The van der Waals surface area contributed by atoms with Crippen molar-refractivity contribution in [2.75, 3.05) is 26.2 Å². The number of benzene rings is 1. The summed E-state index contributed by atoms with van der Waals surface area (Å²) in [5.41, 5.74) is 0.199. The summed E-state index contributed by atoms with van der Waals surface area (Å²) in [6.45, 7) is 2.00. The smallest absolute Gasteiger partial charge is 0.289 e. The van der Waals surface area contributed by atoms with E-state index in [1.807, 2.05) is 4.90 Å². The Labute approximate surface area is 164 Å². The number of carbonyl (C=O) groups excluding carboxylic acids is 2. The lowest BCUT2D eigenvalue weighted by atomic mass is 10.0. The SMILES string of the molecule is O=C(CCC1CCCC1)N1CCN(C(=O)c2cc(=O)c3ccccc3o2)CC1. The zero-order chi connectivity index (χ0) is 19.5. The van der Waals surface area contributed by atoms with Gasteiger partial charge in [-0.25, -0.2) is 0 Å². The zero-order valence-corrected chi connectivity index (χ0v) is 16.1. The van der Waals surface area contributed by atoms with Crippen molar-refractivity contribution in [2.45, 2.75) is 38.5 Å². The van der Waals surface area contributed by atoms with Crippen LogP contribution in [0.3, 0.4) is 0 Å². The van der Waals surface area contributed by atoms with Crippen LogP contribution in [0.1, 0.15) is 49.1 Å². The first-order valence-corrected chi connectivity index (χ1v) is 10.2. The number of fused-ring (bicyclic) bond motifs is 1. The molecule has 4 rings (SSSR count). The van der Waals surface area contributed by atoms with Crippen LogP contribution in [0.15, 0.2) is 39.5 Å². The van der Waals surface area contributed by atoms with E-state index in [1.165, 1.54) is 31.7 Å². The van der Waals surface area contributed by atoms with E-state index >= 15 is 0 Å². The molecule has 6 heteroatoms. The lowest BCUT2D eigenvalue weighted by Crippen LogP contribution is -2.50. The third-order valence-electron chi connectivity index (χ3n) is 6.01. The van der Waals surface area contributed by atoms with Crippen LogP contribution in [0.4, 0.5) is 0 Å². The maximum Gasteiger partial charge on any atom is 0.289 e. The van der Waals surface area contributed by atoms with E-state index in [1.54, 1.807) is 29.2 Å². The molecule has 148 valence electrons. The normalized spacial score (nSPS) is 18.0. The topological polar surface area (TPSA) is 70.8 Å². The Morgan fingerprint density at radius 3 is 2.43 bits per heavy atom. The Morgan fingerprint density at radius 2 is 1.68 bits per heavy atom. The molecule has 2 aliphatic rings. The number of para-hydroxylation sites is 1. The van der Waals surface area contributed by atoms with Crippen molar-refractivity contribution in [3.8, 4) is 0 Å². The summed E-state index contributed by atoms with van der Waals surface area (Å²) < 4.78 is 5.66. The number of amides is 2. The molecule has 2 heterocycles. The van der Waals surface area contributed by atoms with Crippen LogP contribution < -0.4 is 5.43 Å². The first kappa shape index (κ1) is 18.7. The second-order valence-electron chi connectivity index (χ2n) is 7.83. The summed E-state index contributed by atoms with van der Waals surface area (Å²) in [6, 6.07) is 8.18. The largest absolute Gasteiger partial charge is 0.451 e. The molecule has 1 aliphatic carbocycles. The second kappa shape index (κ2) is 8.17. The molecule has 2 aromatic rings. The third kappa shape index (κ3) is 3.96. The Bertz CT molecular complexity index is 922. The summed E-state index contributed by atoms with van der Waals surface area (Å²) >= 11 is 0. The number of carbonyl (C=O) groups is 2. The highest BCUT2D eigenvalue weighted by atomic mass is 16.3. The average Bonchev–Trinajstić information content (AvgIpc) is 3.25. The van der Waals surface area contributed by atoms with Crippen molar-refractivity contribution in [1.29, 1.82) is 0 Å². The molecule has 2 fully saturated rings. The minimum absolute atomic E-state index is 0.0599. The fraction of sp³-hybridized carbons (Fsp3) is 0.500. The molecule has 28 heavy (non-hydrogen) atoms. The molecular formula is C22H26N2O4. The van der Waals surface area contributed by atoms with Crippen molar-refractivity contribution in [3.05, 3.63) is 46.3 Å². The highest BCUT2D eigenvalue weighted by molar-refractivity contribution is 5.93. The van der Waals surface area contributed by atoms with Crippen molar-refractivity contribution in [2.24, 2.45) is 5.92 Å². The lowest BCUT2D eigenvalue weighted by Gasteiger charge is -2.34. The molecule has 1 aromatic heterocycles. The number of piperazine rings is 1. The van der Waals surface area contributed by atoms with Crippen LogP contribution in [0, 0.1) is 5.92 Å². The quantitative estimate of drug-likeness (QED) is 0.815. The van der Waals surface area contributed by atoms with Crippen LogP contribution in [0.5, 0.6) is 0 Å². The summed E-state index contributed by atoms with van der Waals surface area (Å²) in [7, 11) is 0. The van der Waals surface area contributed by atoms with Gasteiger partial charge in [-0.2, -0.15) is 0 Å². The van der Waals surface area contributed by atoms with Crippen molar-refractivity contribution < 1.29 is 14.0 Å². The highest BCUT2D eigenvalue weighted by Crippen LogP contribution is 2.28. The lowest BCUT2D eigenvalue weighted by molar-refractivity contribution is -0.133. The standard InChI is InChI=1S/C22H26N2O4/c25-18-15-20(28-19-8-4-3-7-17(18)19)22(27)24-13-11-23(12-14-24)21(26)10-9-16-5-1-2-6-16/h3-4,7-8,15-16H,1-2,5-6,9-14H2. The zero-order valence-electron chi connectivity index (χ0n) is 16.1. The molecular weight excluding hydrogens is 356 g/mol. The molecule has 6 nitrogen and oxygen atoms in total. The third-order valence-corrected chi connectivity index (χ3v) is 6.01. The van der Waals surface area contributed by atoms with E-state index in [4.69, 9.17) is 4.42 Å². The maximum absolute atomic E-state index is 12.8. The van der Waals surface area contributed by atoms with E-state index in [9.17, 15) is 14.4 Å². The number of nitrogens with zero attached hydrogens (tertiary/aromatic N) is 2. The first-order chi connectivity index (χ1) is 13.6. The van der Waals surface area contributed by atoms with Gasteiger partial charge >= 0.3 is 0 Å². The van der Waals surface area contributed by atoms with E-state index < -0.39 is 0 Å². The fourth-order valence-corrected chi connectivity index (χ4v) is 4.31. The molecule has 1 saturated carbocycles. The van der Waals surface area contributed by atoms with Crippen LogP contribution >= 0.6 is 0 Å². The Morgan fingerprint density at radius 1 is 1.00 bits per heavy atom. The monoisotopic (exact) mass is 382 g/mol. The van der Waals surface area contributed by atoms with Gasteiger partial charge in [-0.05, 0) is 24.5 Å². The maximum atomic E-state index is 12.8. The Kier molecular flexibility index (Phi) is 5.46. The van der Waals surface area contributed by atoms with Gasteiger partial charge in [-0.15, -0.1) is 0 Å². The summed E-state index contributed by atoms with van der Waals surface area (Å²) in [6.07, 6.45) is 6.70. The first-order valence-electron chi connectivity index (χ1n) is 10.2. The van der Waals surface area contributed by atoms with Crippen LogP contribution in [-0.4, -0.2) is 47.8 Å². The molecule has 1 saturated heterocycles. The molecule has 0 radical (unpaired) electrons. The van der Waals surface area contributed by atoms with Gasteiger partial charge in [0.05, 0.1) is 5.39 Å². The minimum Gasteiger partial charge on any atom is -0.451 e. The minimum atomic E-state index is -0.291. The van der Waals surface area contributed by atoms with Crippen LogP contribution in [0.2, 0.25) is 0 Å². The molecule has 0 N–H and O–H groups in total. The van der Waals surface area contributed by atoms with Gasteiger partial charge in [0.1, 0.15) is 5.58 Å². The number of hydrogen-bond acceptors (Lipinski definition) is 4. The van der Waals surface area contributed by atoms with Crippen molar-refractivity contribution in [1.82, 2.24) is 9.80 Å². The molecule has 0 unspecified atom stereocenters. The summed E-state index contributed by atoms with van der Waals surface area (Å²) in [5.74, 6) is 0.671. The van der Waals surface area contributed by atoms with E-state index in [-0.39, 0.29) is 23.0 Å². The highest BCUT2D eigenvalue weighted by Gasteiger charge is 2.27. The van der Waals surface area contributed by atoms with Crippen molar-refractivity contribution >= 4 is 22.8 Å². The summed E-state index contributed by atoms with van der Waals surface area (Å²) in [4.78, 5) is 41.0. The Balaban J connectivity index is 1.35. The second-order valence-corrected chi connectivity index (χ2v) is 7.83. The fourth-order valence-electron chi connectivity index (χ4n) is 4.31. The molecule has 2 amide bonds. The Hall–Kier alpha value is -2.63. The molecule has 0 atom stereocenters. The van der Waals surface area contributed by atoms with Gasteiger partial charge in [-0.3, -0.25) is 14.4 Å². The van der Waals surface area contributed by atoms with Gasteiger partial charge in [0.15, 0.2) is 11.2 Å². The van der Waals surface area contributed by atoms with Gasteiger partial charge in [0, 0.05) is 38.7 Å². The molecule has 1 aliphatic heterocycles. The van der Waals surface area contributed by atoms with Crippen LogP contribution in [0.25, 0.3) is 11.0 Å². The number of hydrogen-bond donors (Lipinski definition) is 0. The number of rotatable bonds is 4. The van der Waals surface area contributed by atoms with Crippen LogP contribution in [-0.2, 0) is 4.79 Å². The van der Waals surface area contributed by atoms with Gasteiger partial charge in [0.2, 0.25) is 5.91 Å². The van der Waals surface area contributed by atoms with E-state index in [2.05, 4.69) is 0 Å². The molecule has 0 spiro atoms.